The first-order valence-electron chi connectivity index (χ1n) is 6.12. The van der Waals surface area contributed by atoms with E-state index in [1.54, 1.807) is 12.4 Å². The summed E-state index contributed by atoms with van der Waals surface area (Å²) in [5.41, 5.74) is 8.63. The molecule has 0 atom stereocenters. The summed E-state index contributed by atoms with van der Waals surface area (Å²) in [4.78, 5) is 8.70. The molecule has 2 rings (SSSR count). The van der Waals surface area contributed by atoms with Crippen LogP contribution in [0.5, 0.6) is 0 Å². The van der Waals surface area contributed by atoms with Gasteiger partial charge in [0.1, 0.15) is 0 Å². The van der Waals surface area contributed by atoms with Crippen LogP contribution < -0.4 is 11.1 Å². The molecule has 0 radical (unpaired) electrons. The fourth-order valence-corrected chi connectivity index (χ4v) is 1.61. The minimum atomic E-state index is 0.690. The molecule has 1 heterocycles. The van der Waals surface area contributed by atoms with Crippen molar-refractivity contribution < 1.29 is 0 Å². The van der Waals surface area contributed by atoms with E-state index in [0.717, 1.165) is 30.0 Å². The smallest absolute Gasteiger partial charge is 0.159 e. The van der Waals surface area contributed by atoms with E-state index in [2.05, 4.69) is 34.3 Å². The third-order valence-corrected chi connectivity index (χ3v) is 2.67. The number of aromatic nitrogens is 2. The maximum absolute atomic E-state index is 5.43. The van der Waals surface area contributed by atoms with Crippen LogP contribution in [0.3, 0.4) is 0 Å². The number of nitrogens with one attached hydrogen (secondary N) is 1. The SMILES string of the molecule is Cc1ccc(-c2ncc(NCCCN)cn2)cc1. The molecule has 0 saturated carbocycles. The zero-order valence-electron chi connectivity index (χ0n) is 10.6. The molecular formula is C14H18N4. The lowest BCUT2D eigenvalue weighted by molar-refractivity contribution is 0.872. The second-order valence-electron chi connectivity index (χ2n) is 4.23. The zero-order valence-corrected chi connectivity index (χ0v) is 10.6. The van der Waals surface area contributed by atoms with Gasteiger partial charge in [0, 0.05) is 12.1 Å². The minimum Gasteiger partial charge on any atom is -0.383 e. The van der Waals surface area contributed by atoms with Gasteiger partial charge in [-0.3, -0.25) is 0 Å². The Hall–Kier alpha value is -1.94. The van der Waals surface area contributed by atoms with Crippen LogP contribution >= 0.6 is 0 Å². The number of nitrogens with two attached hydrogens (primary N) is 1. The molecule has 0 bridgehead atoms. The topological polar surface area (TPSA) is 63.8 Å². The Morgan fingerprint density at radius 1 is 1.11 bits per heavy atom. The van der Waals surface area contributed by atoms with Crippen LogP contribution in [0.15, 0.2) is 36.7 Å². The summed E-state index contributed by atoms with van der Waals surface area (Å²) in [5, 5.41) is 3.23. The fraction of sp³-hybridized carbons (Fsp3) is 0.286. The Morgan fingerprint density at radius 2 is 1.78 bits per heavy atom. The van der Waals surface area contributed by atoms with Crippen LogP contribution in [0.2, 0.25) is 0 Å². The molecule has 1 aromatic carbocycles. The summed E-state index contributed by atoms with van der Waals surface area (Å²) in [6.45, 7) is 3.61. The molecule has 0 spiro atoms. The van der Waals surface area contributed by atoms with E-state index in [1.165, 1.54) is 5.56 Å². The molecule has 0 unspecified atom stereocenters. The third kappa shape index (κ3) is 3.28. The lowest BCUT2D eigenvalue weighted by Crippen LogP contribution is -2.08. The van der Waals surface area contributed by atoms with Gasteiger partial charge in [0.25, 0.3) is 0 Å². The molecule has 0 aliphatic heterocycles. The van der Waals surface area contributed by atoms with Crippen molar-refractivity contribution in [2.24, 2.45) is 5.73 Å². The Bertz CT molecular complexity index is 476. The molecule has 0 fully saturated rings. The van der Waals surface area contributed by atoms with Crippen LogP contribution in [0.4, 0.5) is 5.69 Å². The van der Waals surface area contributed by atoms with Gasteiger partial charge in [0.05, 0.1) is 18.1 Å². The van der Waals surface area contributed by atoms with Gasteiger partial charge in [-0.05, 0) is 19.9 Å². The quantitative estimate of drug-likeness (QED) is 0.789. The van der Waals surface area contributed by atoms with Gasteiger partial charge in [0.15, 0.2) is 5.82 Å². The average molecular weight is 242 g/mol. The first-order chi connectivity index (χ1) is 8.79. The second kappa shape index (κ2) is 6.12. The molecule has 3 N–H and O–H groups in total. The predicted molar refractivity (Wildman–Crippen MR) is 74.4 cm³/mol. The molecular weight excluding hydrogens is 224 g/mol. The van der Waals surface area contributed by atoms with E-state index < -0.39 is 0 Å². The predicted octanol–water partition coefficient (Wildman–Crippen LogP) is 2.21. The van der Waals surface area contributed by atoms with E-state index in [9.17, 15) is 0 Å². The number of hydrogen-bond acceptors (Lipinski definition) is 4. The van der Waals surface area contributed by atoms with Crippen molar-refractivity contribution in [1.29, 1.82) is 0 Å². The van der Waals surface area contributed by atoms with Crippen molar-refractivity contribution in [3.05, 3.63) is 42.2 Å². The zero-order chi connectivity index (χ0) is 12.8. The average Bonchev–Trinajstić information content (AvgIpc) is 2.41. The molecule has 18 heavy (non-hydrogen) atoms. The number of rotatable bonds is 5. The summed E-state index contributed by atoms with van der Waals surface area (Å²) < 4.78 is 0. The monoisotopic (exact) mass is 242 g/mol. The Labute approximate surface area is 107 Å². The number of nitrogens with zero attached hydrogens (tertiary/aromatic N) is 2. The van der Waals surface area contributed by atoms with Gasteiger partial charge in [-0.15, -0.1) is 0 Å². The number of aryl methyl sites for hydroxylation is 1. The maximum Gasteiger partial charge on any atom is 0.159 e. The van der Waals surface area contributed by atoms with Gasteiger partial charge in [-0.2, -0.15) is 0 Å². The minimum absolute atomic E-state index is 0.690. The summed E-state index contributed by atoms with van der Waals surface area (Å²) in [7, 11) is 0. The van der Waals surface area contributed by atoms with Crippen molar-refractivity contribution in [3.63, 3.8) is 0 Å². The second-order valence-corrected chi connectivity index (χ2v) is 4.23. The highest BCUT2D eigenvalue weighted by Gasteiger charge is 2.00. The van der Waals surface area contributed by atoms with Crippen LogP contribution in [0.25, 0.3) is 11.4 Å². The van der Waals surface area contributed by atoms with Gasteiger partial charge in [-0.1, -0.05) is 29.8 Å². The lowest BCUT2D eigenvalue weighted by Gasteiger charge is -2.05. The first kappa shape index (κ1) is 12.5. The van der Waals surface area contributed by atoms with Crippen molar-refractivity contribution in [3.8, 4) is 11.4 Å². The Balaban J connectivity index is 2.05. The van der Waals surface area contributed by atoms with E-state index in [0.29, 0.717) is 6.54 Å². The van der Waals surface area contributed by atoms with Crippen molar-refractivity contribution in [2.75, 3.05) is 18.4 Å². The fourth-order valence-electron chi connectivity index (χ4n) is 1.61. The molecule has 1 aromatic heterocycles. The van der Waals surface area contributed by atoms with E-state index in [4.69, 9.17) is 5.73 Å². The standard InChI is InChI=1S/C14H18N4/c1-11-3-5-12(6-4-11)14-17-9-13(10-18-14)16-8-2-7-15/h3-6,9-10,16H,2,7-8,15H2,1H3. The van der Waals surface area contributed by atoms with Crippen LogP contribution in [-0.2, 0) is 0 Å². The maximum atomic E-state index is 5.43. The highest BCUT2D eigenvalue weighted by molar-refractivity contribution is 5.56. The molecule has 2 aromatic rings. The molecule has 94 valence electrons. The number of hydrogen-bond donors (Lipinski definition) is 2. The first-order valence-corrected chi connectivity index (χ1v) is 6.12. The normalized spacial score (nSPS) is 10.3. The van der Waals surface area contributed by atoms with Gasteiger partial charge in [0.2, 0.25) is 0 Å². The molecule has 0 aliphatic carbocycles. The highest BCUT2D eigenvalue weighted by Crippen LogP contribution is 2.16. The summed E-state index contributed by atoms with van der Waals surface area (Å²) in [6.07, 6.45) is 4.55. The molecule has 0 amide bonds. The Morgan fingerprint density at radius 3 is 2.39 bits per heavy atom. The van der Waals surface area contributed by atoms with E-state index in [1.807, 2.05) is 12.1 Å². The van der Waals surface area contributed by atoms with E-state index in [-0.39, 0.29) is 0 Å². The molecule has 4 heteroatoms. The van der Waals surface area contributed by atoms with Crippen LogP contribution in [0.1, 0.15) is 12.0 Å². The molecule has 0 aliphatic rings. The van der Waals surface area contributed by atoms with Gasteiger partial charge >= 0.3 is 0 Å². The summed E-state index contributed by atoms with van der Waals surface area (Å²) in [5.74, 6) is 0.749. The Kier molecular flexibility index (Phi) is 4.25. The number of anilines is 1. The lowest BCUT2D eigenvalue weighted by atomic mass is 10.1. The number of benzene rings is 1. The van der Waals surface area contributed by atoms with Gasteiger partial charge in [-0.25, -0.2) is 9.97 Å². The van der Waals surface area contributed by atoms with Crippen LogP contribution in [-0.4, -0.2) is 23.1 Å². The highest BCUT2D eigenvalue weighted by atomic mass is 14.9. The van der Waals surface area contributed by atoms with Crippen molar-refractivity contribution in [1.82, 2.24) is 9.97 Å². The summed E-state index contributed by atoms with van der Waals surface area (Å²) >= 11 is 0. The molecule has 4 nitrogen and oxygen atoms in total. The van der Waals surface area contributed by atoms with Crippen LogP contribution in [0, 0.1) is 6.92 Å². The van der Waals surface area contributed by atoms with Crippen molar-refractivity contribution >= 4 is 5.69 Å². The molecule has 0 saturated heterocycles. The summed E-state index contributed by atoms with van der Waals surface area (Å²) in [6, 6.07) is 8.19. The van der Waals surface area contributed by atoms with E-state index >= 15 is 0 Å². The third-order valence-electron chi connectivity index (χ3n) is 2.67. The van der Waals surface area contributed by atoms with Gasteiger partial charge < -0.3 is 11.1 Å². The van der Waals surface area contributed by atoms with Crippen molar-refractivity contribution in [2.45, 2.75) is 13.3 Å². The largest absolute Gasteiger partial charge is 0.383 e.